The molecule has 1 N–H and O–H groups in total. The lowest BCUT2D eigenvalue weighted by Crippen LogP contribution is -2.50. The fourth-order valence-corrected chi connectivity index (χ4v) is 4.89. The van der Waals surface area contributed by atoms with Crippen molar-refractivity contribution >= 4 is 17.5 Å². The molecule has 7 heteroatoms. The van der Waals surface area contributed by atoms with Gasteiger partial charge in [0.2, 0.25) is 5.91 Å². The summed E-state index contributed by atoms with van der Waals surface area (Å²) < 4.78 is 5.28. The molecule has 0 bridgehead atoms. The van der Waals surface area contributed by atoms with Crippen LogP contribution in [0.2, 0.25) is 5.02 Å². The number of carbonyl (C=O) groups is 1. The first kappa shape index (κ1) is 24.5. The Labute approximate surface area is 206 Å². The normalized spacial score (nSPS) is 15.9. The average molecular weight is 481 g/mol. The summed E-state index contributed by atoms with van der Waals surface area (Å²) in [7, 11) is 0. The van der Waals surface area contributed by atoms with Gasteiger partial charge in [-0.25, -0.2) is 0 Å². The second kappa shape index (κ2) is 11.2. The predicted octanol–water partition coefficient (Wildman–Crippen LogP) is 4.32. The molecule has 6 nitrogen and oxygen atoms in total. The number of rotatable bonds is 8. The van der Waals surface area contributed by atoms with E-state index in [0.717, 1.165) is 67.3 Å². The van der Waals surface area contributed by atoms with E-state index in [1.54, 1.807) is 0 Å². The molecule has 34 heavy (non-hydrogen) atoms. The third kappa shape index (κ3) is 6.06. The van der Waals surface area contributed by atoms with Crippen LogP contribution >= 0.6 is 11.6 Å². The minimum Gasteiger partial charge on any atom is -0.361 e. The highest BCUT2D eigenvalue weighted by atomic mass is 35.5. The quantitative estimate of drug-likeness (QED) is 0.520. The van der Waals surface area contributed by atoms with Crippen molar-refractivity contribution in [2.45, 2.75) is 33.2 Å². The zero-order valence-electron chi connectivity index (χ0n) is 20.2. The van der Waals surface area contributed by atoms with Crippen molar-refractivity contribution in [3.63, 3.8) is 0 Å². The minimum atomic E-state index is -0.206. The van der Waals surface area contributed by atoms with Gasteiger partial charge in [0.25, 0.3) is 0 Å². The molecule has 0 aliphatic carbocycles. The van der Waals surface area contributed by atoms with Gasteiger partial charge in [0.15, 0.2) is 0 Å². The van der Waals surface area contributed by atoms with Gasteiger partial charge in [0.1, 0.15) is 5.76 Å². The van der Waals surface area contributed by atoms with Gasteiger partial charge < -0.3 is 14.7 Å². The van der Waals surface area contributed by atoms with Crippen LogP contribution < -0.4 is 5.32 Å². The summed E-state index contributed by atoms with van der Waals surface area (Å²) in [6, 6.07) is 15.7. The van der Waals surface area contributed by atoms with Crippen molar-refractivity contribution in [1.29, 1.82) is 0 Å². The Balaban J connectivity index is 1.33. The Hall–Kier alpha value is -2.67. The number of nitrogens with zero attached hydrogens (tertiary/aromatic N) is 3. The molecule has 2 aromatic carbocycles. The second-order valence-corrected chi connectivity index (χ2v) is 9.52. The predicted molar refractivity (Wildman–Crippen MR) is 135 cm³/mol. The largest absolute Gasteiger partial charge is 0.361 e. The monoisotopic (exact) mass is 480 g/mol. The maximum Gasteiger partial charge on any atom is 0.234 e. The Morgan fingerprint density at radius 2 is 1.76 bits per heavy atom. The van der Waals surface area contributed by atoms with E-state index in [9.17, 15) is 4.79 Å². The standard InChI is InChI=1S/C27H33ClN4O2/c1-19-17-23(28)9-10-24(19)27(22-7-5-4-6-8-22)29-26(33)18-32-15-13-31(14-16-32)12-11-25-20(2)30-34-21(25)3/h4-10,17,27H,11-16,18H2,1-3H3,(H,29,33). The van der Waals surface area contributed by atoms with E-state index in [1.807, 2.05) is 57.2 Å². The number of aryl methyl sites for hydroxylation is 3. The number of amides is 1. The SMILES string of the molecule is Cc1cc(Cl)ccc1C(NC(=O)CN1CCN(CCc2c(C)noc2C)CC1)c1ccccc1. The van der Waals surface area contributed by atoms with Gasteiger partial charge in [-0.2, -0.15) is 0 Å². The van der Waals surface area contributed by atoms with E-state index in [1.165, 1.54) is 5.56 Å². The highest BCUT2D eigenvalue weighted by Crippen LogP contribution is 2.27. The average Bonchev–Trinajstić information content (AvgIpc) is 3.15. The van der Waals surface area contributed by atoms with Crippen LogP contribution in [0.5, 0.6) is 0 Å². The molecule has 1 unspecified atom stereocenters. The number of hydrogen-bond acceptors (Lipinski definition) is 5. The fraction of sp³-hybridized carbons (Fsp3) is 0.407. The highest BCUT2D eigenvalue weighted by Gasteiger charge is 2.23. The number of benzene rings is 2. The van der Waals surface area contributed by atoms with E-state index in [2.05, 4.69) is 32.4 Å². The molecule has 3 aromatic rings. The van der Waals surface area contributed by atoms with Crippen LogP contribution in [0.1, 0.15) is 39.7 Å². The Morgan fingerprint density at radius 1 is 1.06 bits per heavy atom. The summed E-state index contributed by atoms with van der Waals surface area (Å²) in [6.07, 6.45) is 0.945. The third-order valence-corrected chi connectivity index (χ3v) is 6.91. The molecule has 1 saturated heterocycles. The first-order chi connectivity index (χ1) is 16.4. The zero-order valence-corrected chi connectivity index (χ0v) is 20.9. The number of piperazine rings is 1. The first-order valence-corrected chi connectivity index (χ1v) is 12.3. The van der Waals surface area contributed by atoms with Crippen molar-refractivity contribution in [3.05, 3.63) is 87.3 Å². The second-order valence-electron chi connectivity index (χ2n) is 9.08. The Morgan fingerprint density at radius 3 is 2.41 bits per heavy atom. The molecule has 1 amide bonds. The van der Waals surface area contributed by atoms with Crippen LogP contribution in [0.25, 0.3) is 0 Å². The smallest absolute Gasteiger partial charge is 0.234 e. The lowest BCUT2D eigenvalue weighted by molar-refractivity contribution is -0.123. The van der Waals surface area contributed by atoms with Crippen LogP contribution in [0.15, 0.2) is 53.1 Å². The van der Waals surface area contributed by atoms with Crippen LogP contribution in [-0.4, -0.2) is 60.1 Å². The van der Waals surface area contributed by atoms with E-state index >= 15 is 0 Å². The van der Waals surface area contributed by atoms with Gasteiger partial charge in [-0.15, -0.1) is 0 Å². The maximum absolute atomic E-state index is 13.1. The van der Waals surface area contributed by atoms with Gasteiger partial charge in [0, 0.05) is 43.3 Å². The zero-order chi connectivity index (χ0) is 24.1. The molecule has 0 spiro atoms. The van der Waals surface area contributed by atoms with Crippen molar-refractivity contribution in [2.24, 2.45) is 0 Å². The maximum atomic E-state index is 13.1. The number of nitrogens with one attached hydrogen (secondary N) is 1. The molecule has 1 aliphatic rings. The summed E-state index contributed by atoms with van der Waals surface area (Å²) in [5.41, 5.74) is 5.38. The van der Waals surface area contributed by atoms with Gasteiger partial charge >= 0.3 is 0 Å². The van der Waals surface area contributed by atoms with E-state index < -0.39 is 0 Å². The van der Waals surface area contributed by atoms with Crippen LogP contribution in [0, 0.1) is 20.8 Å². The van der Waals surface area contributed by atoms with E-state index in [-0.39, 0.29) is 11.9 Å². The number of aromatic nitrogens is 1. The van der Waals surface area contributed by atoms with Crippen molar-refractivity contribution in [3.8, 4) is 0 Å². The molecule has 0 radical (unpaired) electrons. The molecule has 1 fully saturated rings. The molecular formula is C27H33ClN4O2. The van der Waals surface area contributed by atoms with Crippen LogP contribution in [-0.2, 0) is 11.2 Å². The molecule has 1 aliphatic heterocycles. The molecule has 1 aromatic heterocycles. The summed E-state index contributed by atoms with van der Waals surface area (Å²) in [5.74, 6) is 0.948. The fourth-order valence-electron chi connectivity index (χ4n) is 4.66. The molecular weight excluding hydrogens is 448 g/mol. The summed E-state index contributed by atoms with van der Waals surface area (Å²) in [4.78, 5) is 17.8. The van der Waals surface area contributed by atoms with E-state index in [4.69, 9.17) is 16.1 Å². The molecule has 2 heterocycles. The summed E-state index contributed by atoms with van der Waals surface area (Å²) in [5, 5.41) is 8.02. The van der Waals surface area contributed by atoms with Crippen molar-refractivity contribution in [1.82, 2.24) is 20.3 Å². The summed E-state index contributed by atoms with van der Waals surface area (Å²) in [6.45, 7) is 11.0. The van der Waals surface area contributed by atoms with Crippen molar-refractivity contribution < 1.29 is 9.32 Å². The molecule has 4 rings (SSSR count). The topological polar surface area (TPSA) is 61.6 Å². The molecule has 1 atom stereocenters. The van der Waals surface area contributed by atoms with Crippen molar-refractivity contribution in [2.75, 3.05) is 39.3 Å². The lowest BCUT2D eigenvalue weighted by Gasteiger charge is -2.34. The van der Waals surface area contributed by atoms with Gasteiger partial charge in [0.05, 0.1) is 18.3 Å². The van der Waals surface area contributed by atoms with Crippen LogP contribution in [0.3, 0.4) is 0 Å². The summed E-state index contributed by atoms with van der Waals surface area (Å²) >= 11 is 6.17. The Kier molecular flexibility index (Phi) is 8.03. The van der Waals surface area contributed by atoms with E-state index in [0.29, 0.717) is 11.6 Å². The van der Waals surface area contributed by atoms with Gasteiger partial charge in [-0.05, 0) is 56.0 Å². The van der Waals surface area contributed by atoms with Gasteiger partial charge in [-0.3, -0.25) is 9.69 Å². The van der Waals surface area contributed by atoms with Gasteiger partial charge in [-0.1, -0.05) is 53.2 Å². The number of hydrogen-bond donors (Lipinski definition) is 1. The lowest BCUT2D eigenvalue weighted by atomic mass is 9.95. The minimum absolute atomic E-state index is 0.0346. The molecule has 180 valence electrons. The number of carbonyl (C=O) groups excluding carboxylic acids is 1. The Bertz CT molecular complexity index is 1090. The number of halogens is 1. The molecule has 0 saturated carbocycles. The highest BCUT2D eigenvalue weighted by molar-refractivity contribution is 6.30. The third-order valence-electron chi connectivity index (χ3n) is 6.67. The van der Waals surface area contributed by atoms with Crippen LogP contribution in [0.4, 0.5) is 0 Å². The first-order valence-electron chi connectivity index (χ1n) is 11.9.